The first-order valence-corrected chi connectivity index (χ1v) is 12.4. The Hall–Kier alpha value is -3.88. The van der Waals surface area contributed by atoms with Crippen LogP contribution in [0.2, 0.25) is 0 Å². The van der Waals surface area contributed by atoms with Gasteiger partial charge in [0.2, 0.25) is 5.91 Å². The van der Waals surface area contributed by atoms with Crippen molar-refractivity contribution in [3.05, 3.63) is 84.8 Å². The Balaban J connectivity index is 1.32. The SMILES string of the molecule is O=C(C(Cc1c[nH]c2ccccc12)Nc1ccc(Nc2ccncc2)cc1)N1CCN(CCO)CC1. The second-order valence-corrected chi connectivity index (χ2v) is 9.09. The second-order valence-electron chi connectivity index (χ2n) is 9.09. The maximum atomic E-state index is 13.7. The third kappa shape index (κ3) is 5.67. The van der Waals surface area contributed by atoms with Crippen molar-refractivity contribution in [2.24, 2.45) is 0 Å². The van der Waals surface area contributed by atoms with Crippen molar-refractivity contribution in [1.29, 1.82) is 0 Å². The van der Waals surface area contributed by atoms with E-state index in [1.54, 1.807) is 12.4 Å². The van der Waals surface area contributed by atoms with Crippen molar-refractivity contribution in [2.45, 2.75) is 12.5 Å². The van der Waals surface area contributed by atoms with E-state index in [1.165, 1.54) is 0 Å². The van der Waals surface area contributed by atoms with Gasteiger partial charge >= 0.3 is 0 Å². The van der Waals surface area contributed by atoms with E-state index in [2.05, 4.69) is 37.6 Å². The fourth-order valence-corrected chi connectivity index (χ4v) is 4.73. The van der Waals surface area contributed by atoms with Gasteiger partial charge in [-0.1, -0.05) is 18.2 Å². The lowest BCUT2D eigenvalue weighted by Crippen LogP contribution is -2.53. The number of benzene rings is 2. The molecule has 0 aliphatic carbocycles. The lowest BCUT2D eigenvalue weighted by Gasteiger charge is -2.36. The van der Waals surface area contributed by atoms with Gasteiger partial charge in [-0.15, -0.1) is 0 Å². The van der Waals surface area contributed by atoms with Crippen LogP contribution in [0.4, 0.5) is 17.1 Å². The summed E-state index contributed by atoms with van der Waals surface area (Å²) >= 11 is 0. The molecule has 4 aromatic rings. The molecule has 0 bridgehead atoms. The normalized spacial score (nSPS) is 15.1. The van der Waals surface area contributed by atoms with Crippen molar-refractivity contribution < 1.29 is 9.90 Å². The number of fused-ring (bicyclic) bond motifs is 1. The van der Waals surface area contributed by atoms with Gasteiger partial charge in [-0.05, 0) is 48.0 Å². The highest BCUT2D eigenvalue weighted by atomic mass is 16.3. The molecule has 2 aromatic heterocycles. The van der Waals surface area contributed by atoms with Crippen LogP contribution in [0.25, 0.3) is 10.9 Å². The fraction of sp³-hybridized carbons (Fsp3) is 0.286. The van der Waals surface area contributed by atoms with Crippen molar-refractivity contribution >= 4 is 33.9 Å². The summed E-state index contributed by atoms with van der Waals surface area (Å²) in [6, 6.07) is 19.6. The number of amides is 1. The van der Waals surface area contributed by atoms with Gasteiger partial charge in [0.05, 0.1) is 6.61 Å². The molecule has 5 rings (SSSR count). The minimum atomic E-state index is -0.396. The van der Waals surface area contributed by atoms with Crippen molar-refractivity contribution in [2.75, 3.05) is 50.0 Å². The maximum absolute atomic E-state index is 13.7. The van der Waals surface area contributed by atoms with E-state index in [-0.39, 0.29) is 12.5 Å². The molecule has 3 heterocycles. The lowest BCUT2D eigenvalue weighted by molar-refractivity contribution is -0.133. The molecular formula is C28H32N6O2. The average Bonchev–Trinajstić information content (AvgIpc) is 3.33. The van der Waals surface area contributed by atoms with Gasteiger partial charge in [0.15, 0.2) is 0 Å². The minimum absolute atomic E-state index is 0.0999. The van der Waals surface area contributed by atoms with E-state index in [1.807, 2.05) is 59.6 Å². The van der Waals surface area contributed by atoms with E-state index in [9.17, 15) is 9.90 Å². The summed E-state index contributed by atoms with van der Waals surface area (Å²) in [5, 5.41) is 17.2. The van der Waals surface area contributed by atoms with Gasteiger partial charge in [0, 0.05) is 85.7 Å². The van der Waals surface area contributed by atoms with Gasteiger partial charge in [-0.3, -0.25) is 14.7 Å². The first-order chi connectivity index (χ1) is 17.7. The number of hydrogen-bond acceptors (Lipinski definition) is 6. The average molecular weight is 485 g/mol. The molecule has 1 amide bonds. The van der Waals surface area contributed by atoms with Crippen molar-refractivity contribution in [1.82, 2.24) is 19.8 Å². The van der Waals surface area contributed by atoms with E-state index in [0.29, 0.717) is 26.1 Å². The first kappa shape index (κ1) is 23.8. The Bertz CT molecular complexity index is 1270. The smallest absolute Gasteiger partial charge is 0.245 e. The zero-order valence-electron chi connectivity index (χ0n) is 20.2. The molecule has 8 heteroatoms. The van der Waals surface area contributed by atoms with Gasteiger partial charge in [-0.2, -0.15) is 0 Å². The molecule has 1 unspecified atom stereocenters. The van der Waals surface area contributed by atoms with Crippen LogP contribution in [0.15, 0.2) is 79.3 Å². The molecule has 0 saturated carbocycles. The summed E-state index contributed by atoms with van der Waals surface area (Å²) in [5.41, 5.74) is 5.02. The first-order valence-electron chi connectivity index (χ1n) is 12.4. The Labute approximate surface area is 211 Å². The molecular weight excluding hydrogens is 452 g/mol. The number of anilines is 3. The van der Waals surface area contributed by atoms with E-state index >= 15 is 0 Å². The highest BCUT2D eigenvalue weighted by Gasteiger charge is 2.28. The zero-order valence-corrected chi connectivity index (χ0v) is 20.2. The van der Waals surface area contributed by atoms with Gasteiger partial charge < -0.3 is 25.6 Å². The summed E-state index contributed by atoms with van der Waals surface area (Å²) in [4.78, 5) is 25.2. The lowest BCUT2D eigenvalue weighted by atomic mass is 10.0. The third-order valence-corrected chi connectivity index (χ3v) is 6.69. The van der Waals surface area contributed by atoms with Crippen LogP contribution >= 0.6 is 0 Å². The van der Waals surface area contributed by atoms with Gasteiger partial charge in [-0.25, -0.2) is 0 Å². The predicted molar refractivity (Wildman–Crippen MR) is 143 cm³/mol. The Morgan fingerprint density at radius 3 is 2.39 bits per heavy atom. The molecule has 0 radical (unpaired) electrons. The summed E-state index contributed by atoms with van der Waals surface area (Å²) in [7, 11) is 0. The van der Waals surface area contributed by atoms with Crippen LogP contribution in [-0.4, -0.2) is 76.2 Å². The molecule has 1 aliphatic rings. The largest absolute Gasteiger partial charge is 0.395 e. The summed E-state index contributed by atoms with van der Waals surface area (Å²) < 4.78 is 0. The van der Waals surface area contributed by atoms with Crippen LogP contribution < -0.4 is 10.6 Å². The second kappa shape index (κ2) is 11.2. The number of para-hydroxylation sites is 1. The number of aromatic amines is 1. The van der Waals surface area contributed by atoms with E-state index in [4.69, 9.17) is 0 Å². The summed E-state index contributed by atoms with van der Waals surface area (Å²) in [6.07, 6.45) is 6.09. The number of rotatable bonds is 9. The van der Waals surface area contributed by atoms with Crippen molar-refractivity contribution in [3.63, 3.8) is 0 Å². The third-order valence-electron chi connectivity index (χ3n) is 6.69. The van der Waals surface area contributed by atoms with Crippen LogP contribution in [0, 0.1) is 0 Å². The van der Waals surface area contributed by atoms with Crippen LogP contribution in [-0.2, 0) is 11.2 Å². The molecule has 186 valence electrons. The topological polar surface area (TPSA) is 96.5 Å². The number of piperazine rings is 1. The maximum Gasteiger partial charge on any atom is 0.245 e. The number of aliphatic hydroxyl groups excluding tert-OH is 1. The molecule has 1 aliphatic heterocycles. The predicted octanol–water partition coefficient (Wildman–Crippen LogP) is 3.47. The van der Waals surface area contributed by atoms with Crippen LogP contribution in [0.1, 0.15) is 5.56 Å². The molecule has 0 spiro atoms. The highest BCUT2D eigenvalue weighted by molar-refractivity contribution is 5.88. The molecule has 4 N–H and O–H groups in total. The molecule has 1 atom stereocenters. The van der Waals surface area contributed by atoms with Gasteiger partial charge in [0.25, 0.3) is 0 Å². The number of pyridine rings is 1. The quantitative estimate of drug-likeness (QED) is 0.291. The number of nitrogens with zero attached hydrogens (tertiary/aromatic N) is 3. The number of H-pyrrole nitrogens is 1. The molecule has 8 nitrogen and oxygen atoms in total. The minimum Gasteiger partial charge on any atom is -0.395 e. The standard InChI is InChI=1S/C28H32N6O2/c35-18-17-33-13-15-34(16-14-33)28(36)27(19-21-20-30-26-4-2-1-3-25(21)26)32-23-7-5-22(6-8-23)31-24-9-11-29-12-10-24/h1-12,20,27,30,32,35H,13-19H2,(H,29,31). The highest BCUT2D eigenvalue weighted by Crippen LogP contribution is 2.23. The Morgan fingerprint density at radius 2 is 1.64 bits per heavy atom. The van der Waals surface area contributed by atoms with E-state index in [0.717, 1.165) is 46.6 Å². The summed E-state index contributed by atoms with van der Waals surface area (Å²) in [5.74, 6) is 0.0999. The zero-order chi connectivity index (χ0) is 24.7. The Morgan fingerprint density at radius 1 is 0.944 bits per heavy atom. The van der Waals surface area contributed by atoms with Crippen LogP contribution in [0.5, 0.6) is 0 Å². The molecule has 2 aromatic carbocycles. The number of hydrogen-bond donors (Lipinski definition) is 4. The number of β-amino-alcohol motifs (C(OH)–C–C–N with tert-alkyl or cyclic N) is 1. The van der Waals surface area contributed by atoms with Crippen LogP contribution in [0.3, 0.4) is 0 Å². The molecule has 1 fully saturated rings. The van der Waals surface area contributed by atoms with E-state index < -0.39 is 6.04 Å². The monoisotopic (exact) mass is 484 g/mol. The molecule has 1 saturated heterocycles. The number of aliphatic hydroxyl groups is 1. The van der Waals surface area contributed by atoms with Crippen molar-refractivity contribution in [3.8, 4) is 0 Å². The number of aromatic nitrogens is 2. The fourth-order valence-electron chi connectivity index (χ4n) is 4.73. The summed E-state index contributed by atoms with van der Waals surface area (Å²) in [6.45, 7) is 3.69. The van der Waals surface area contributed by atoms with Gasteiger partial charge in [0.1, 0.15) is 6.04 Å². The Kier molecular flexibility index (Phi) is 7.44. The number of carbonyl (C=O) groups is 1. The molecule has 36 heavy (non-hydrogen) atoms. The number of nitrogens with one attached hydrogen (secondary N) is 3. The number of carbonyl (C=O) groups excluding carboxylic acids is 1.